The molecule has 0 aliphatic carbocycles. The van der Waals surface area contributed by atoms with Crippen molar-refractivity contribution in [2.75, 3.05) is 7.11 Å². The first-order valence-corrected chi connectivity index (χ1v) is 5.56. The third kappa shape index (κ3) is 2.12. The zero-order chi connectivity index (χ0) is 13.1. The number of aldehydes is 1. The molecular weight excluding hydrogens is 231 g/mol. The Morgan fingerprint density at radius 3 is 2.56 bits per heavy atom. The molecule has 0 fully saturated rings. The highest BCUT2D eigenvalue weighted by atomic mass is 19.1. The predicted molar refractivity (Wildman–Crippen MR) is 68.5 cm³/mol. The number of hydrogen-bond donors (Lipinski definition) is 0. The van der Waals surface area contributed by atoms with Gasteiger partial charge in [-0.1, -0.05) is 18.2 Å². The number of benzene rings is 2. The molecule has 0 atom stereocenters. The lowest BCUT2D eigenvalue weighted by molar-refractivity contribution is 0.112. The maximum atomic E-state index is 13.7. The minimum absolute atomic E-state index is 0.319. The van der Waals surface area contributed by atoms with Crippen molar-refractivity contribution in [3.63, 3.8) is 0 Å². The molecule has 18 heavy (non-hydrogen) atoms. The summed E-state index contributed by atoms with van der Waals surface area (Å²) in [6.45, 7) is 1.80. The molecule has 0 aliphatic heterocycles. The van der Waals surface area contributed by atoms with Crippen LogP contribution in [0.1, 0.15) is 15.9 Å². The summed E-state index contributed by atoms with van der Waals surface area (Å²) >= 11 is 0. The van der Waals surface area contributed by atoms with Gasteiger partial charge in [0.05, 0.1) is 7.11 Å². The van der Waals surface area contributed by atoms with E-state index in [2.05, 4.69) is 0 Å². The molecule has 2 aromatic rings. The van der Waals surface area contributed by atoms with Gasteiger partial charge in [-0.15, -0.1) is 0 Å². The number of halogens is 1. The quantitative estimate of drug-likeness (QED) is 0.771. The number of hydrogen-bond acceptors (Lipinski definition) is 2. The normalized spacial score (nSPS) is 10.2. The van der Waals surface area contributed by atoms with Crippen molar-refractivity contribution < 1.29 is 13.9 Å². The molecule has 0 spiro atoms. The lowest BCUT2D eigenvalue weighted by Crippen LogP contribution is -1.95. The molecule has 0 aliphatic rings. The van der Waals surface area contributed by atoms with Crippen LogP contribution in [0.2, 0.25) is 0 Å². The molecule has 0 N–H and O–H groups in total. The first kappa shape index (κ1) is 12.3. The summed E-state index contributed by atoms with van der Waals surface area (Å²) in [5.74, 6) is 0.262. The van der Waals surface area contributed by atoms with Gasteiger partial charge in [0, 0.05) is 16.7 Å². The molecule has 0 aromatic heterocycles. The van der Waals surface area contributed by atoms with Crippen LogP contribution in [0.4, 0.5) is 4.39 Å². The van der Waals surface area contributed by atoms with E-state index < -0.39 is 0 Å². The van der Waals surface area contributed by atoms with Crippen molar-refractivity contribution in [3.05, 3.63) is 53.3 Å². The van der Waals surface area contributed by atoms with E-state index in [4.69, 9.17) is 4.74 Å². The van der Waals surface area contributed by atoms with Crippen LogP contribution in [-0.2, 0) is 0 Å². The number of methoxy groups -OCH3 is 1. The second-order valence-corrected chi connectivity index (χ2v) is 3.99. The third-order valence-electron chi connectivity index (χ3n) is 2.93. The van der Waals surface area contributed by atoms with Crippen LogP contribution < -0.4 is 4.74 Å². The highest BCUT2D eigenvalue weighted by Crippen LogP contribution is 2.30. The molecule has 0 saturated carbocycles. The topological polar surface area (TPSA) is 26.3 Å². The Hall–Kier alpha value is -2.16. The Morgan fingerprint density at radius 2 is 1.94 bits per heavy atom. The number of ether oxygens (including phenoxy) is 1. The van der Waals surface area contributed by atoms with Crippen molar-refractivity contribution in [1.29, 1.82) is 0 Å². The van der Waals surface area contributed by atoms with Gasteiger partial charge in [-0.05, 0) is 30.7 Å². The van der Waals surface area contributed by atoms with E-state index >= 15 is 0 Å². The summed E-state index contributed by atoms with van der Waals surface area (Å²) in [4.78, 5) is 11.0. The van der Waals surface area contributed by atoms with Gasteiger partial charge in [0.2, 0.25) is 0 Å². The molecule has 0 amide bonds. The SMILES string of the molecule is COc1cc(-c2ccccc2F)cc(C=O)c1C. The van der Waals surface area contributed by atoms with Crippen LogP contribution in [0.5, 0.6) is 5.75 Å². The van der Waals surface area contributed by atoms with E-state index in [1.165, 1.54) is 13.2 Å². The van der Waals surface area contributed by atoms with E-state index in [9.17, 15) is 9.18 Å². The summed E-state index contributed by atoms with van der Waals surface area (Å²) in [6.07, 6.45) is 0.752. The van der Waals surface area contributed by atoms with Gasteiger partial charge in [-0.2, -0.15) is 0 Å². The third-order valence-corrected chi connectivity index (χ3v) is 2.93. The van der Waals surface area contributed by atoms with Gasteiger partial charge >= 0.3 is 0 Å². The van der Waals surface area contributed by atoms with Crippen molar-refractivity contribution in [2.24, 2.45) is 0 Å². The Bertz CT molecular complexity index is 591. The van der Waals surface area contributed by atoms with Crippen LogP contribution in [0.25, 0.3) is 11.1 Å². The van der Waals surface area contributed by atoms with Crippen molar-refractivity contribution in [3.8, 4) is 16.9 Å². The standard InChI is InChI=1S/C15H13FO2/c1-10-12(9-17)7-11(8-15(10)18-2)13-5-3-4-6-14(13)16/h3-9H,1-2H3. The molecular formula is C15H13FO2. The molecule has 0 saturated heterocycles. The van der Waals surface area contributed by atoms with Crippen molar-refractivity contribution >= 4 is 6.29 Å². The van der Waals surface area contributed by atoms with Crippen LogP contribution in [0.15, 0.2) is 36.4 Å². The monoisotopic (exact) mass is 244 g/mol. The van der Waals surface area contributed by atoms with E-state index in [-0.39, 0.29) is 5.82 Å². The summed E-state index contributed by atoms with van der Waals surface area (Å²) in [6, 6.07) is 9.86. The Balaban J connectivity index is 2.66. The average molecular weight is 244 g/mol. The lowest BCUT2D eigenvalue weighted by Gasteiger charge is -2.11. The van der Waals surface area contributed by atoms with Crippen LogP contribution in [0, 0.1) is 12.7 Å². The lowest BCUT2D eigenvalue weighted by atomic mass is 9.99. The van der Waals surface area contributed by atoms with Crippen LogP contribution in [0.3, 0.4) is 0 Å². The summed E-state index contributed by atoms with van der Waals surface area (Å²) < 4.78 is 18.9. The maximum absolute atomic E-state index is 13.7. The number of carbonyl (C=O) groups is 1. The maximum Gasteiger partial charge on any atom is 0.150 e. The molecule has 0 radical (unpaired) electrons. The van der Waals surface area contributed by atoms with E-state index in [1.807, 2.05) is 0 Å². The van der Waals surface area contributed by atoms with Crippen molar-refractivity contribution in [2.45, 2.75) is 6.92 Å². The Kier molecular flexibility index (Phi) is 3.42. The zero-order valence-corrected chi connectivity index (χ0v) is 10.2. The van der Waals surface area contributed by atoms with E-state index in [1.54, 1.807) is 37.3 Å². The van der Waals surface area contributed by atoms with Gasteiger partial charge < -0.3 is 4.74 Å². The average Bonchev–Trinajstić information content (AvgIpc) is 2.40. The fourth-order valence-corrected chi connectivity index (χ4v) is 1.89. The van der Waals surface area contributed by atoms with E-state index in [0.717, 1.165) is 11.8 Å². The van der Waals surface area contributed by atoms with Gasteiger partial charge in [0.15, 0.2) is 0 Å². The van der Waals surface area contributed by atoms with Gasteiger partial charge in [0.25, 0.3) is 0 Å². The van der Waals surface area contributed by atoms with Crippen LogP contribution >= 0.6 is 0 Å². The zero-order valence-electron chi connectivity index (χ0n) is 10.2. The molecule has 0 bridgehead atoms. The number of rotatable bonds is 3. The Labute approximate surface area is 105 Å². The van der Waals surface area contributed by atoms with Crippen LogP contribution in [-0.4, -0.2) is 13.4 Å². The molecule has 3 heteroatoms. The largest absolute Gasteiger partial charge is 0.496 e. The van der Waals surface area contributed by atoms with Crippen molar-refractivity contribution in [1.82, 2.24) is 0 Å². The Morgan fingerprint density at radius 1 is 1.22 bits per heavy atom. The van der Waals surface area contributed by atoms with Gasteiger partial charge in [0.1, 0.15) is 17.9 Å². The fraction of sp³-hybridized carbons (Fsp3) is 0.133. The van der Waals surface area contributed by atoms with Gasteiger partial charge in [-0.3, -0.25) is 4.79 Å². The highest BCUT2D eigenvalue weighted by Gasteiger charge is 2.11. The molecule has 2 rings (SSSR count). The first-order chi connectivity index (χ1) is 8.67. The molecule has 2 nitrogen and oxygen atoms in total. The van der Waals surface area contributed by atoms with Gasteiger partial charge in [-0.25, -0.2) is 4.39 Å². The molecule has 0 heterocycles. The smallest absolute Gasteiger partial charge is 0.150 e. The molecule has 92 valence electrons. The highest BCUT2D eigenvalue weighted by molar-refractivity contribution is 5.83. The predicted octanol–water partition coefficient (Wildman–Crippen LogP) is 3.62. The molecule has 2 aromatic carbocycles. The summed E-state index contributed by atoms with van der Waals surface area (Å²) in [5.41, 5.74) is 2.36. The minimum atomic E-state index is -0.319. The molecule has 0 unspecified atom stereocenters. The van der Waals surface area contributed by atoms with E-state index in [0.29, 0.717) is 22.4 Å². The second kappa shape index (κ2) is 5.00. The second-order valence-electron chi connectivity index (χ2n) is 3.99. The first-order valence-electron chi connectivity index (χ1n) is 5.56. The summed E-state index contributed by atoms with van der Waals surface area (Å²) in [7, 11) is 1.53. The number of carbonyl (C=O) groups excluding carboxylic acids is 1. The summed E-state index contributed by atoms with van der Waals surface area (Å²) in [5, 5.41) is 0. The fourth-order valence-electron chi connectivity index (χ4n) is 1.89. The minimum Gasteiger partial charge on any atom is -0.496 e.